The standard InChI is InChI=1S/C17H21N5O3/c1-13-11-15(20-25-13)19-17(24)18-12-16(23)22-9-7-21(8-10-22)14-5-3-2-4-6-14/h2-6,11H,7-10,12H2,1H3,(H2,18,19,20,24). The number of para-hydroxylation sites is 1. The van der Waals surface area contributed by atoms with Crippen LogP contribution in [0, 0.1) is 6.92 Å². The number of nitrogens with one attached hydrogen (secondary N) is 2. The number of carbonyl (C=O) groups excluding carboxylic acids is 2. The number of anilines is 2. The molecule has 0 atom stereocenters. The summed E-state index contributed by atoms with van der Waals surface area (Å²) in [6.45, 7) is 4.52. The lowest BCUT2D eigenvalue weighted by Crippen LogP contribution is -2.51. The van der Waals surface area contributed by atoms with Gasteiger partial charge in [-0.1, -0.05) is 23.4 Å². The van der Waals surface area contributed by atoms with E-state index in [1.165, 1.54) is 0 Å². The van der Waals surface area contributed by atoms with E-state index in [9.17, 15) is 9.59 Å². The Morgan fingerprint density at radius 2 is 1.88 bits per heavy atom. The molecule has 1 aliphatic heterocycles. The average Bonchev–Trinajstić information content (AvgIpc) is 3.05. The number of urea groups is 1. The van der Waals surface area contributed by atoms with Crippen molar-refractivity contribution in [1.82, 2.24) is 15.4 Å². The summed E-state index contributed by atoms with van der Waals surface area (Å²) in [6, 6.07) is 11.2. The van der Waals surface area contributed by atoms with E-state index in [0.717, 1.165) is 18.8 Å². The Hall–Kier alpha value is -3.03. The average molecular weight is 343 g/mol. The molecule has 0 spiro atoms. The molecule has 0 saturated carbocycles. The molecule has 3 rings (SSSR count). The van der Waals surface area contributed by atoms with Crippen molar-refractivity contribution in [3.63, 3.8) is 0 Å². The van der Waals surface area contributed by atoms with Crippen LogP contribution in [0.15, 0.2) is 40.9 Å². The van der Waals surface area contributed by atoms with Crippen molar-refractivity contribution in [2.75, 3.05) is 42.9 Å². The molecule has 2 aromatic rings. The maximum atomic E-state index is 12.2. The number of benzene rings is 1. The normalized spacial score (nSPS) is 14.3. The second kappa shape index (κ2) is 7.69. The number of hydrogen-bond acceptors (Lipinski definition) is 5. The van der Waals surface area contributed by atoms with Gasteiger partial charge in [0.2, 0.25) is 5.91 Å². The van der Waals surface area contributed by atoms with Crippen LogP contribution in [0.1, 0.15) is 5.76 Å². The topological polar surface area (TPSA) is 90.7 Å². The number of piperazine rings is 1. The molecule has 0 bridgehead atoms. The van der Waals surface area contributed by atoms with Crippen molar-refractivity contribution in [1.29, 1.82) is 0 Å². The second-order valence-corrected chi connectivity index (χ2v) is 5.83. The molecular formula is C17H21N5O3. The summed E-state index contributed by atoms with van der Waals surface area (Å²) in [5, 5.41) is 8.72. The smallest absolute Gasteiger partial charge is 0.320 e. The number of carbonyl (C=O) groups is 2. The maximum absolute atomic E-state index is 12.2. The molecule has 8 heteroatoms. The van der Waals surface area contributed by atoms with Crippen molar-refractivity contribution >= 4 is 23.4 Å². The van der Waals surface area contributed by atoms with Crippen molar-refractivity contribution in [2.45, 2.75) is 6.92 Å². The lowest BCUT2D eigenvalue weighted by Gasteiger charge is -2.36. The van der Waals surface area contributed by atoms with Gasteiger partial charge in [-0.05, 0) is 19.1 Å². The van der Waals surface area contributed by atoms with Gasteiger partial charge in [-0.25, -0.2) is 4.79 Å². The van der Waals surface area contributed by atoms with Crippen molar-refractivity contribution in [3.05, 3.63) is 42.2 Å². The monoisotopic (exact) mass is 343 g/mol. The van der Waals surface area contributed by atoms with E-state index in [0.29, 0.717) is 24.7 Å². The van der Waals surface area contributed by atoms with Gasteiger partial charge >= 0.3 is 6.03 Å². The van der Waals surface area contributed by atoms with Crippen LogP contribution >= 0.6 is 0 Å². The largest absolute Gasteiger partial charge is 0.368 e. The number of amides is 3. The van der Waals surface area contributed by atoms with E-state index >= 15 is 0 Å². The summed E-state index contributed by atoms with van der Waals surface area (Å²) >= 11 is 0. The van der Waals surface area contributed by atoms with Crippen molar-refractivity contribution < 1.29 is 14.1 Å². The Balaban J connectivity index is 1.41. The molecule has 0 radical (unpaired) electrons. The molecule has 1 aromatic carbocycles. The van der Waals surface area contributed by atoms with Gasteiger partial charge in [0.15, 0.2) is 5.82 Å². The van der Waals surface area contributed by atoms with E-state index in [4.69, 9.17) is 4.52 Å². The predicted molar refractivity (Wildman–Crippen MR) is 93.5 cm³/mol. The van der Waals surface area contributed by atoms with Crippen LogP contribution in [-0.4, -0.2) is 54.7 Å². The number of aromatic nitrogens is 1. The van der Waals surface area contributed by atoms with Gasteiger partial charge in [0.25, 0.3) is 0 Å². The molecule has 2 N–H and O–H groups in total. The SMILES string of the molecule is Cc1cc(NC(=O)NCC(=O)N2CCN(c3ccccc3)CC2)no1. The van der Waals surface area contributed by atoms with Gasteiger partial charge in [0.05, 0.1) is 6.54 Å². The fourth-order valence-corrected chi connectivity index (χ4v) is 2.71. The Bertz CT molecular complexity index is 723. The molecule has 1 aliphatic rings. The van der Waals surface area contributed by atoms with Gasteiger partial charge in [0, 0.05) is 37.9 Å². The Morgan fingerprint density at radius 3 is 2.52 bits per heavy atom. The molecule has 1 saturated heterocycles. The van der Waals surface area contributed by atoms with E-state index in [1.54, 1.807) is 17.9 Å². The first kappa shape index (κ1) is 16.8. The summed E-state index contributed by atoms with van der Waals surface area (Å²) in [5.41, 5.74) is 1.16. The number of hydrogen-bond donors (Lipinski definition) is 2. The summed E-state index contributed by atoms with van der Waals surface area (Å²) in [5.74, 6) is 0.820. The highest BCUT2D eigenvalue weighted by atomic mass is 16.5. The molecule has 1 aromatic heterocycles. The van der Waals surface area contributed by atoms with Gasteiger partial charge in [-0.3, -0.25) is 10.1 Å². The molecule has 8 nitrogen and oxygen atoms in total. The van der Waals surface area contributed by atoms with E-state index in [1.807, 2.05) is 18.2 Å². The van der Waals surface area contributed by atoms with Crippen LogP contribution in [0.3, 0.4) is 0 Å². The fourth-order valence-electron chi connectivity index (χ4n) is 2.71. The summed E-state index contributed by atoms with van der Waals surface area (Å²) in [7, 11) is 0. The highest BCUT2D eigenvalue weighted by molar-refractivity contribution is 5.91. The van der Waals surface area contributed by atoms with Crippen LogP contribution in [0.25, 0.3) is 0 Å². The zero-order chi connectivity index (χ0) is 17.6. The second-order valence-electron chi connectivity index (χ2n) is 5.83. The third kappa shape index (κ3) is 4.50. The zero-order valence-corrected chi connectivity index (χ0v) is 14.1. The number of rotatable bonds is 4. The van der Waals surface area contributed by atoms with Crippen molar-refractivity contribution in [3.8, 4) is 0 Å². The quantitative estimate of drug-likeness (QED) is 0.877. The minimum Gasteiger partial charge on any atom is -0.368 e. The summed E-state index contributed by atoms with van der Waals surface area (Å²) in [6.07, 6.45) is 0. The fraction of sp³-hybridized carbons (Fsp3) is 0.353. The third-order valence-electron chi connectivity index (χ3n) is 4.02. The van der Waals surface area contributed by atoms with Crippen LogP contribution in [0.4, 0.5) is 16.3 Å². The first-order valence-corrected chi connectivity index (χ1v) is 8.18. The van der Waals surface area contributed by atoms with Gasteiger partial charge in [-0.2, -0.15) is 0 Å². The first-order chi connectivity index (χ1) is 12.1. The van der Waals surface area contributed by atoms with Crippen molar-refractivity contribution in [2.24, 2.45) is 0 Å². The third-order valence-corrected chi connectivity index (χ3v) is 4.02. The molecule has 1 fully saturated rings. The van der Waals surface area contributed by atoms with E-state index < -0.39 is 6.03 Å². The highest BCUT2D eigenvalue weighted by Gasteiger charge is 2.21. The lowest BCUT2D eigenvalue weighted by molar-refractivity contribution is -0.130. The Labute approximate surface area is 145 Å². The Morgan fingerprint density at radius 1 is 1.16 bits per heavy atom. The summed E-state index contributed by atoms with van der Waals surface area (Å²) in [4.78, 5) is 28.0. The minimum absolute atomic E-state index is 0.0476. The summed E-state index contributed by atoms with van der Waals surface area (Å²) < 4.78 is 4.86. The van der Waals surface area contributed by atoms with Crippen LogP contribution in [0.2, 0.25) is 0 Å². The van der Waals surface area contributed by atoms with Crippen LogP contribution in [-0.2, 0) is 4.79 Å². The van der Waals surface area contributed by atoms with Gasteiger partial charge in [-0.15, -0.1) is 0 Å². The molecule has 0 unspecified atom stereocenters. The first-order valence-electron chi connectivity index (χ1n) is 8.18. The zero-order valence-electron chi connectivity index (χ0n) is 14.1. The number of nitrogens with zero attached hydrogens (tertiary/aromatic N) is 3. The number of aryl methyl sites for hydroxylation is 1. The molecule has 25 heavy (non-hydrogen) atoms. The molecule has 3 amide bonds. The maximum Gasteiger partial charge on any atom is 0.320 e. The van der Waals surface area contributed by atoms with Crippen LogP contribution in [0.5, 0.6) is 0 Å². The molecule has 132 valence electrons. The van der Waals surface area contributed by atoms with E-state index in [2.05, 4.69) is 32.8 Å². The minimum atomic E-state index is -0.482. The van der Waals surface area contributed by atoms with Gasteiger partial charge in [0.1, 0.15) is 5.76 Å². The van der Waals surface area contributed by atoms with Gasteiger partial charge < -0.3 is 19.6 Å². The Kier molecular flexibility index (Phi) is 5.17. The van der Waals surface area contributed by atoms with E-state index in [-0.39, 0.29) is 12.5 Å². The lowest BCUT2D eigenvalue weighted by atomic mass is 10.2. The molecular weight excluding hydrogens is 322 g/mol. The van der Waals surface area contributed by atoms with Crippen LogP contribution < -0.4 is 15.5 Å². The molecule has 2 heterocycles. The highest BCUT2D eigenvalue weighted by Crippen LogP contribution is 2.15. The molecule has 0 aliphatic carbocycles. The predicted octanol–water partition coefficient (Wildman–Crippen LogP) is 1.45.